The van der Waals surface area contributed by atoms with Crippen LogP contribution in [0.15, 0.2) is 0 Å². The third-order valence-corrected chi connectivity index (χ3v) is 0. The van der Waals surface area contributed by atoms with Gasteiger partial charge in [-0.15, -0.1) is 10.1 Å². The maximum atomic E-state index is 8.36. The van der Waals surface area contributed by atoms with Crippen LogP contribution in [-0.4, -0.2) is 21.6 Å². The van der Waals surface area contributed by atoms with Crippen LogP contribution in [0.1, 0.15) is 6.92 Å². The zero-order valence-electron chi connectivity index (χ0n) is 4.31. The lowest BCUT2D eigenvalue weighted by molar-refractivity contribution is -0.742. The summed E-state index contributed by atoms with van der Waals surface area (Å²) in [4.78, 5) is 8.36. The van der Waals surface area contributed by atoms with Gasteiger partial charge in [-0.3, -0.25) is 0 Å². The molecule has 0 aliphatic rings. The molecule has 0 saturated carbocycles. The minimum atomic E-state index is -1.50. The average Bonchev–Trinajstić information content (AvgIpc) is 1.25. The molecule has 0 saturated heterocycles. The highest BCUT2D eigenvalue weighted by molar-refractivity contribution is 4.16. The molecule has 0 aliphatic carbocycles. The zero-order valence-corrected chi connectivity index (χ0v) is 4.31. The summed E-state index contributed by atoms with van der Waals surface area (Å²) in [5.41, 5.74) is 4.67. The lowest BCUT2D eigenvalue weighted by atomic mass is 10.7. The van der Waals surface area contributed by atoms with Crippen molar-refractivity contribution in [2.75, 3.05) is 0 Å². The number of nitrogens with zero attached hydrogens (tertiary/aromatic N) is 1. The van der Waals surface area contributed by atoms with Crippen molar-refractivity contribution in [3.8, 4) is 0 Å². The summed E-state index contributed by atoms with van der Waals surface area (Å²) in [6.07, 6.45) is -0.667. The van der Waals surface area contributed by atoms with Gasteiger partial charge in [-0.25, -0.2) is 0 Å². The number of aliphatic hydroxyl groups is 1. The van der Waals surface area contributed by atoms with Gasteiger partial charge in [-0.05, 0) is 6.92 Å². The van der Waals surface area contributed by atoms with Crippen LogP contribution in [0.25, 0.3) is 0 Å². The summed E-state index contributed by atoms with van der Waals surface area (Å²) >= 11 is 0. The third kappa shape index (κ3) is 112. The number of nitrogens with two attached hydrogens (primary N) is 1. The number of hydrogen-bond donors (Lipinski definition) is 3. The average molecular weight is 124 g/mol. The Bertz CT molecular complexity index is 56.3. The van der Waals surface area contributed by atoms with Crippen molar-refractivity contribution < 1.29 is 15.4 Å². The van der Waals surface area contributed by atoms with Crippen LogP contribution < -0.4 is 5.73 Å². The molecule has 0 aromatic heterocycles. The fourth-order valence-electron chi connectivity index (χ4n) is 0. The maximum Gasteiger partial charge on any atom is 0.291 e. The van der Waals surface area contributed by atoms with Crippen LogP contribution >= 0.6 is 0 Å². The first-order chi connectivity index (χ1) is 3.46. The van der Waals surface area contributed by atoms with Gasteiger partial charge >= 0.3 is 0 Å². The quantitative estimate of drug-likeness (QED) is 0.216. The molecule has 0 amide bonds. The molecule has 1 unspecified atom stereocenters. The van der Waals surface area contributed by atoms with Gasteiger partial charge in [0.1, 0.15) is 0 Å². The molecule has 0 heterocycles. The van der Waals surface area contributed by atoms with Gasteiger partial charge in [0.05, 0.1) is 6.23 Å². The Labute approximate surface area is 45.6 Å². The van der Waals surface area contributed by atoms with Gasteiger partial charge in [0.2, 0.25) is 0 Å². The molecule has 1 atom stereocenters. The highest BCUT2D eigenvalue weighted by atomic mass is 16.9. The van der Waals surface area contributed by atoms with E-state index in [-0.39, 0.29) is 0 Å². The first kappa shape index (κ1) is 10.2. The molecule has 8 heavy (non-hydrogen) atoms. The molecule has 0 bridgehead atoms. The minimum Gasteiger partial charge on any atom is -0.379 e. The lowest BCUT2D eigenvalue weighted by Crippen LogP contribution is -2.11. The molecule has 0 aromatic carbocycles. The standard InChI is InChI=1S/C2H7NO.HNO3/c1-2(3)4;2-1(3)4/h2,4H,3H2,1H3;(H,2,3,4). The van der Waals surface area contributed by atoms with E-state index in [9.17, 15) is 0 Å². The molecular formula is C2H8N2O4. The summed E-state index contributed by atoms with van der Waals surface area (Å²) in [6.45, 7) is 1.50. The van der Waals surface area contributed by atoms with E-state index in [4.69, 9.17) is 20.4 Å². The zero-order chi connectivity index (χ0) is 7.15. The van der Waals surface area contributed by atoms with E-state index in [1.165, 1.54) is 6.92 Å². The van der Waals surface area contributed by atoms with Crippen molar-refractivity contribution in [1.82, 2.24) is 0 Å². The number of aliphatic hydroxyl groups excluding tert-OH is 1. The van der Waals surface area contributed by atoms with Gasteiger partial charge in [0, 0.05) is 0 Å². The molecule has 6 heteroatoms. The predicted molar refractivity (Wildman–Crippen MR) is 24.6 cm³/mol. The van der Waals surface area contributed by atoms with E-state index in [1.54, 1.807) is 0 Å². The fourth-order valence-corrected chi connectivity index (χ4v) is 0. The van der Waals surface area contributed by atoms with E-state index < -0.39 is 11.3 Å². The van der Waals surface area contributed by atoms with Crippen molar-refractivity contribution in [2.24, 2.45) is 5.73 Å². The molecule has 0 spiro atoms. The Kier molecular flexibility index (Phi) is 7.78. The van der Waals surface area contributed by atoms with Crippen LogP contribution in [0, 0.1) is 10.1 Å². The van der Waals surface area contributed by atoms with Crippen molar-refractivity contribution >= 4 is 0 Å². The minimum absolute atomic E-state index is 0.667. The molecule has 0 aromatic rings. The lowest BCUT2D eigenvalue weighted by Gasteiger charge is -1.82. The Hall–Kier alpha value is -0.880. The van der Waals surface area contributed by atoms with Gasteiger partial charge in [-0.2, -0.15) is 0 Å². The summed E-state index contributed by atoms with van der Waals surface area (Å²) in [6, 6.07) is 0. The molecule has 6 nitrogen and oxygen atoms in total. The van der Waals surface area contributed by atoms with Crippen molar-refractivity contribution in [1.29, 1.82) is 0 Å². The number of rotatable bonds is 0. The third-order valence-electron chi connectivity index (χ3n) is 0. The molecule has 50 valence electrons. The Morgan fingerprint density at radius 3 is 1.88 bits per heavy atom. The highest BCUT2D eigenvalue weighted by Gasteiger charge is 1.68. The van der Waals surface area contributed by atoms with Gasteiger partial charge in [-0.1, -0.05) is 0 Å². The summed E-state index contributed by atoms with van der Waals surface area (Å²) in [5.74, 6) is 0. The second-order valence-electron chi connectivity index (χ2n) is 0.978. The maximum absolute atomic E-state index is 8.36. The van der Waals surface area contributed by atoms with Crippen molar-refractivity contribution in [3.63, 3.8) is 0 Å². The smallest absolute Gasteiger partial charge is 0.291 e. The number of hydrogen-bond acceptors (Lipinski definition) is 4. The van der Waals surface area contributed by atoms with E-state index in [0.29, 0.717) is 0 Å². The van der Waals surface area contributed by atoms with Crippen LogP contribution in [0.5, 0.6) is 0 Å². The van der Waals surface area contributed by atoms with Gasteiger partial charge in [0.25, 0.3) is 5.09 Å². The van der Waals surface area contributed by atoms with E-state index in [0.717, 1.165) is 0 Å². The molecule has 0 aliphatic heterocycles. The Balaban J connectivity index is 0. The molecular weight excluding hydrogens is 116 g/mol. The summed E-state index contributed by atoms with van der Waals surface area (Å²) in [7, 11) is 0. The first-order valence-electron chi connectivity index (χ1n) is 1.73. The summed E-state index contributed by atoms with van der Waals surface area (Å²) in [5, 5.41) is 21.5. The van der Waals surface area contributed by atoms with Crippen molar-refractivity contribution in [2.45, 2.75) is 13.2 Å². The van der Waals surface area contributed by atoms with Crippen LogP contribution in [0.3, 0.4) is 0 Å². The van der Waals surface area contributed by atoms with Crippen LogP contribution in [0.2, 0.25) is 0 Å². The van der Waals surface area contributed by atoms with Crippen LogP contribution in [0.4, 0.5) is 0 Å². The predicted octanol–water partition coefficient (Wildman–Crippen LogP) is -1.06. The van der Waals surface area contributed by atoms with Gasteiger partial charge < -0.3 is 16.0 Å². The molecule has 4 N–H and O–H groups in total. The van der Waals surface area contributed by atoms with Crippen molar-refractivity contribution in [3.05, 3.63) is 10.1 Å². The second kappa shape index (κ2) is 6.12. The van der Waals surface area contributed by atoms with Crippen LogP contribution in [-0.2, 0) is 0 Å². The molecule has 0 fully saturated rings. The normalized spacial score (nSPS) is 10.9. The van der Waals surface area contributed by atoms with E-state index in [1.807, 2.05) is 0 Å². The summed E-state index contributed by atoms with van der Waals surface area (Å²) < 4.78 is 0. The van der Waals surface area contributed by atoms with E-state index >= 15 is 0 Å². The topological polar surface area (TPSA) is 110 Å². The Morgan fingerprint density at radius 2 is 1.88 bits per heavy atom. The fraction of sp³-hybridized carbons (Fsp3) is 1.00. The van der Waals surface area contributed by atoms with Gasteiger partial charge in [0.15, 0.2) is 0 Å². The SMILES string of the molecule is CC(N)O.O=[N+]([O-])O. The molecule has 0 radical (unpaired) electrons. The largest absolute Gasteiger partial charge is 0.379 e. The molecule has 0 rings (SSSR count). The Morgan fingerprint density at radius 1 is 1.88 bits per heavy atom. The second-order valence-corrected chi connectivity index (χ2v) is 0.978. The monoisotopic (exact) mass is 124 g/mol. The highest BCUT2D eigenvalue weighted by Crippen LogP contribution is 1.50. The first-order valence-corrected chi connectivity index (χ1v) is 1.73. The van der Waals surface area contributed by atoms with E-state index in [2.05, 4.69) is 5.73 Å².